The van der Waals surface area contributed by atoms with E-state index in [1.807, 2.05) is 62.4 Å². The van der Waals surface area contributed by atoms with Crippen molar-refractivity contribution >= 4 is 34.9 Å². The molecule has 2 aromatic heterocycles. The molecule has 2 N–H and O–H groups in total. The Morgan fingerprint density at radius 3 is 2.29 bits per heavy atom. The summed E-state index contributed by atoms with van der Waals surface area (Å²) in [5.74, 6) is 0.603. The number of anilines is 2. The minimum atomic E-state index is -0.274. The number of amides is 2. The number of hydrogen-bond donors (Lipinski definition) is 2. The fourth-order valence-electron chi connectivity index (χ4n) is 3.25. The molecule has 0 atom stereocenters. The first kappa shape index (κ1) is 20.9. The molecule has 158 valence electrons. The lowest BCUT2D eigenvalue weighted by molar-refractivity contribution is 0.262. The Morgan fingerprint density at radius 1 is 1.00 bits per heavy atom. The summed E-state index contributed by atoms with van der Waals surface area (Å²) in [4.78, 5) is 22.1. The van der Waals surface area contributed by atoms with Crippen molar-refractivity contribution in [1.82, 2.24) is 19.6 Å². The van der Waals surface area contributed by atoms with Crippen LogP contribution >= 0.6 is 11.8 Å². The van der Waals surface area contributed by atoms with Gasteiger partial charge in [-0.05, 0) is 56.7 Å². The predicted molar refractivity (Wildman–Crippen MR) is 124 cm³/mol. The maximum atomic E-state index is 12.3. The van der Waals surface area contributed by atoms with Gasteiger partial charge in [-0.3, -0.25) is 0 Å². The third-order valence-corrected chi connectivity index (χ3v) is 5.94. The van der Waals surface area contributed by atoms with Crippen LogP contribution in [0.1, 0.15) is 30.2 Å². The molecule has 0 fully saturated rings. The standard InChI is InChI=1S/C23H24N6OS/c1-4-5-20-16(3)26-22-24-14-25-29(22)21(20)31-19-12-10-18(11-13-19)28-23(30)27-17-8-6-15(2)7-9-17/h6-14H,4-5H2,1-3H3,(H2,27,28,30). The van der Waals surface area contributed by atoms with Crippen molar-refractivity contribution < 1.29 is 4.79 Å². The fraction of sp³-hybridized carbons (Fsp3) is 0.217. The van der Waals surface area contributed by atoms with Crippen molar-refractivity contribution in [3.05, 3.63) is 71.7 Å². The molecule has 0 unspecified atom stereocenters. The number of rotatable bonds is 6. The third-order valence-electron chi connectivity index (χ3n) is 4.82. The molecule has 4 aromatic rings. The minimum Gasteiger partial charge on any atom is -0.308 e. The van der Waals surface area contributed by atoms with Crippen molar-refractivity contribution in [3.8, 4) is 0 Å². The van der Waals surface area contributed by atoms with Crippen molar-refractivity contribution in [2.24, 2.45) is 0 Å². The van der Waals surface area contributed by atoms with Crippen molar-refractivity contribution in [1.29, 1.82) is 0 Å². The van der Waals surface area contributed by atoms with Gasteiger partial charge in [-0.25, -0.2) is 9.78 Å². The van der Waals surface area contributed by atoms with Crippen LogP contribution in [0.4, 0.5) is 16.2 Å². The lowest BCUT2D eigenvalue weighted by Gasteiger charge is -2.13. The molecule has 0 aliphatic carbocycles. The molecule has 2 heterocycles. The third kappa shape index (κ3) is 4.86. The van der Waals surface area contributed by atoms with E-state index in [1.54, 1.807) is 16.3 Å². The van der Waals surface area contributed by atoms with E-state index in [2.05, 4.69) is 32.6 Å². The Kier molecular flexibility index (Phi) is 6.18. The van der Waals surface area contributed by atoms with Gasteiger partial charge in [0.1, 0.15) is 11.4 Å². The highest BCUT2D eigenvalue weighted by Crippen LogP contribution is 2.33. The first-order valence-electron chi connectivity index (χ1n) is 10.2. The summed E-state index contributed by atoms with van der Waals surface area (Å²) in [6.07, 6.45) is 3.48. The minimum absolute atomic E-state index is 0.274. The van der Waals surface area contributed by atoms with Gasteiger partial charge in [0, 0.05) is 27.5 Å². The van der Waals surface area contributed by atoms with Crippen LogP contribution in [0.25, 0.3) is 5.78 Å². The van der Waals surface area contributed by atoms with Gasteiger partial charge in [0.05, 0.1) is 0 Å². The average molecular weight is 433 g/mol. The summed E-state index contributed by atoms with van der Waals surface area (Å²) in [6.45, 7) is 6.18. The second-order valence-corrected chi connectivity index (χ2v) is 8.34. The zero-order valence-corrected chi connectivity index (χ0v) is 18.5. The molecule has 0 saturated heterocycles. The number of urea groups is 1. The van der Waals surface area contributed by atoms with Crippen LogP contribution in [0.2, 0.25) is 0 Å². The first-order chi connectivity index (χ1) is 15.0. The van der Waals surface area contributed by atoms with Gasteiger partial charge in [-0.1, -0.05) is 42.8 Å². The van der Waals surface area contributed by atoms with Crippen molar-refractivity contribution in [3.63, 3.8) is 0 Å². The van der Waals surface area contributed by atoms with Gasteiger partial charge < -0.3 is 10.6 Å². The van der Waals surface area contributed by atoms with E-state index in [1.165, 1.54) is 11.9 Å². The van der Waals surface area contributed by atoms with Crippen molar-refractivity contribution in [2.75, 3.05) is 10.6 Å². The van der Waals surface area contributed by atoms with Crippen LogP contribution < -0.4 is 10.6 Å². The molecule has 2 amide bonds. The number of aromatic nitrogens is 4. The maximum absolute atomic E-state index is 12.3. The topological polar surface area (TPSA) is 84.2 Å². The van der Waals surface area contributed by atoms with E-state index in [9.17, 15) is 4.79 Å². The lowest BCUT2D eigenvalue weighted by Crippen LogP contribution is -2.19. The van der Waals surface area contributed by atoms with Gasteiger partial charge >= 0.3 is 6.03 Å². The molecular formula is C23H24N6OS. The zero-order valence-electron chi connectivity index (χ0n) is 17.7. The predicted octanol–water partition coefficient (Wildman–Crippen LogP) is 5.49. The summed E-state index contributed by atoms with van der Waals surface area (Å²) < 4.78 is 1.80. The number of nitrogens with zero attached hydrogens (tertiary/aromatic N) is 4. The second-order valence-electron chi connectivity index (χ2n) is 7.27. The van der Waals surface area contributed by atoms with Crippen LogP contribution in [0.5, 0.6) is 0 Å². The zero-order chi connectivity index (χ0) is 21.8. The van der Waals surface area contributed by atoms with Gasteiger partial charge in [0.25, 0.3) is 5.78 Å². The number of benzene rings is 2. The monoisotopic (exact) mass is 432 g/mol. The Hall–Kier alpha value is -3.39. The molecular weight excluding hydrogens is 408 g/mol. The molecule has 0 aliphatic heterocycles. The highest BCUT2D eigenvalue weighted by Gasteiger charge is 2.15. The molecule has 0 saturated carbocycles. The summed E-state index contributed by atoms with van der Waals surface area (Å²) >= 11 is 1.63. The van der Waals surface area contributed by atoms with E-state index >= 15 is 0 Å². The molecule has 8 heteroatoms. The SMILES string of the molecule is CCCc1c(C)nc2ncnn2c1Sc1ccc(NC(=O)Nc2ccc(C)cc2)cc1. The molecule has 4 rings (SSSR count). The highest BCUT2D eigenvalue weighted by molar-refractivity contribution is 7.99. The van der Waals surface area contributed by atoms with E-state index in [0.717, 1.165) is 45.4 Å². The van der Waals surface area contributed by atoms with Crippen LogP contribution in [0.3, 0.4) is 0 Å². The first-order valence-corrected chi connectivity index (χ1v) is 11.0. The molecule has 0 aliphatic rings. The average Bonchev–Trinajstić information content (AvgIpc) is 3.22. The van der Waals surface area contributed by atoms with Crippen molar-refractivity contribution in [2.45, 2.75) is 43.5 Å². The number of nitrogens with one attached hydrogen (secondary N) is 2. The van der Waals surface area contributed by atoms with Crippen LogP contribution in [-0.4, -0.2) is 25.6 Å². The molecule has 0 radical (unpaired) electrons. The number of hydrogen-bond acceptors (Lipinski definition) is 5. The molecule has 2 aromatic carbocycles. The molecule has 0 bridgehead atoms. The summed E-state index contributed by atoms with van der Waals surface area (Å²) in [6, 6.07) is 15.2. The van der Waals surface area contributed by atoms with Crippen LogP contribution in [0.15, 0.2) is 64.8 Å². The van der Waals surface area contributed by atoms with E-state index in [4.69, 9.17) is 0 Å². The smallest absolute Gasteiger partial charge is 0.308 e. The van der Waals surface area contributed by atoms with Gasteiger partial charge in [0.15, 0.2) is 0 Å². The summed E-state index contributed by atoms with van der Waals surface area (Å²) in [5, 5.41) is 11.1. The Balaban J connectivity index is 1.49. The Morgan fingerprint density at radius 2 is 1.65 bits per heavy atom. The fourth-order valence-corrected chi connectivity index (χ4v) is 4.33. The summed E-state index contributed by atoms with van der Waals surface area (Å²) in [7, 11) is 0. The summed E-state index contributed by atoms with van der Waals surface area (Å²) in [5.41, 5.74) is 4.79. The largest absolute Gasteiger partial charge is 0.323 e. The van der Waals surface area contributed by atoms with E-state index < -0.39 is 0 Å². The van der Waals surface area contributed by atoms with Gasteiger partial charge in [0.2, 0.25) is 0 Å². The number of carbonyl (C=O) groups excluding carboxylic acids is 1. The quantitative estimate of drug-likeness (QED) is 0.394. The Labute approximate surface area is 185 Å². The van der Waals surface area contributed by atoms with E-state index in [-0.39, 0.29) is 6.03 Å². The maximum Gasteiger partial charge on any atom is 0.323 e. The molecule has 0 spiro atoms. The van der Waals surface area contributed by atoms with Gasteiger partial charge in [-0.2, -0.15) is 14.6 Å². The second kappa shape index (κ2) is 9.18. The number of carbonyl (C=O) groups is 1. The molecule has 7 nitrogen and oxygen atoms in total. The highest BCUT2D eigenvalue weighted by atomic mass is 32.2. The van der Waals surface area contributed by atoms with Crippen LogP contribution in [-0.2, 0) is 6.42 Å². The lowest BCUT2D eigenvalue weighted by atomic mass is 10.1. The van der Waals surface area contributed by atoms with E-state index in [0.29, 0.717) is 5.78 Å². The van der Waals surface area contributed by atoms with Crippen LogP contribution in [0, 0.1) is 13.8 Å². The normalized spacial score (nSPS) is 10.9. The number of fused-ring (bicyclic) bond motifs is 1. The molecule has 31 heavy (non-hydrogen) atoms. The number of aryl methyl sites for hydroxylation is 2. The van der Waals surface area contributed by atoms with Gasteiger partial charge in [-0.15, -0.1) is 0 Å². The Bertz CT molecular complexity index is 1200.